The molecule has 2 aromatic carbocycles. The van der Waals surface area contributed by atoms with Crippen LogP contribution in [0.1, 0.15) is 61.5 Å². The van der Waals surface area contributed by atoms with Gasteiger partial charge in [0.2, 0.25) is 0 Å². The molecule has 1 heterocycles. The first kappa shape index (κ1) is 24.6. The molecule has 182 valence electrons. The van der Waals surface area contributed by atoms with Crippen LogP contribution in [-0.4, -0.2) is 25.4 Å². The molecular weight excluding hydrogens is 441 g/mol. The minimum atomic E-state index is -0.421. The number of methoxy groups -OCH3 is 1. The summed E-state index contributed by atoms with van der Waals surface area (Å²) in [6.45, 7) is 6.55. The standard InChI is InChI=1S/C30H32FNO3/c1-5-30(6-2,21-10-8-7-9-11-21)26-18-24(13-14-25(26)28(33)34-4)35-20-23-16-17-29(3)19-22(31)12-15-27(29)32-23/h7-16,18-19H,5-6,17,20H2,1-4H3. The average Bonchev–Trinajstić information content (AvgIpc) is 2.88. The molecule has 1 aliphatic heterocycles. The number of allylic oxidation sites excluding steroid dienone is 5. The first-order valence-corrected chi connectivity index (χ1v) is 12.1. The molecule has 0 radical (unpaired) electrons. The van der Waals surface area contributed by atoms with E-state index in [9.17, 15) is 9.18 Å². The highest BCUT2D eigenvalue weighted by molar-refractivity contribution is 6.03. The van der Waals surface area contributed by atoms with Crippen LogP contribution in [0.4, 0.5) is 4.39 Å². The van der Waals surface area contributed by atoms with Gasteiger partial charge in [-0.25, -0.2) is 9.18 Å². The van der Waals surface area contributed by atoms with Crippen molar-refractivity contribution in [3.8, 4) is 5.75 Å². The second kappa shape index (κ2) is 10.0. The van der Waals surface area contributed by atoms with E-state index in [0.29, 0.717) is 17.7 Å². The van der Waals surface area contributed by atoms with E-state index in [2.05, 4.69) is 26.0 Å². The summed E-state index contributed by atoms with van der Waals surface area (Å²) >= 11 is 0. The first-order valence-electron chi connectivity index (χ1n) is 12.1. The van der Waals surface area contributed by atoms with Crippen LogP contribution in [0, 0.1) is 5.41 Å². The SMILES string of the molecule is CCC(CC)(c1ccccc1)c1cc(OCC2=CCC3(C)C=C(F)C=CC3=N2)ccc1C(=O)OC. The third-order valence-electron chi connectivity index (χ3n) is 7.30. The highest BCUT2D eigenvalue weighted by atomic mass is 19.1. The van der Waals surface area contributed by atoms with Gasteiger partial charge in [0.05, 0.1) is 24.1 Å². The van der Waals surface area contributed by atoms with Crippen molar-refractivity contribution in [3.05, 3.63) is 101 Å². The second-order valence-electron chi connectivity index (χ2n) is 9.32. The minimum absolute atomic E-state index is 0.230. The lowest BCUT2D eigenvalue weighted by atomic mass is 9.69. The Morgan fingerprint density at radius 1 is 1.11 bits per heavy atom. The van der Waals surface area contributed by atoms with Crippen molar-refractivity contribution >= 4 is 11.7 Å². The molecule has 1 aliphatic carbocycles. The van der Waals surface area contributed by atoms with Crippen molar-refractivity contribution in [2.75, 3.05) is 13.7 Å². The van der Waals surface area contributed by atoms with E-state index in [1.54, 1.807) is 24.3 Å². The Morgan fingerprint density at radius 3 is 2.54 bits per heavy atom. The number of halogens is 1. The van der Waals surface area contributed by atoms with Crippen molar-refractivity contribution in [1.82, 2.24) is 0 Å². The molecule has 0 saturated carbocycles. The van der Waals surface area contributed by atoms with Crippen LogP contribution in [0.2, 0.25) is 0 Å². The van der Waals surface area contributed by atoms with Gasteiger partial charge >= 0.3 is 5.97 Å². The van der Waals surface area contributed by atoms with Crippen LogP contribution >= 0.6 is 0 Å². The maximum absolute atomic E-state index is 13.7. The van der Waals surface area contributed by atoms with Crippen molar-refractivity contribution < 1.29 is 18.7 Å². The normalized spacial score (nSPS) is 19.3. The number of aliphatic imine (C=N–C) groups is 1. The Labute approximate surface area is 206 Å². The molecule has 2 aromatic rings. The molecule has 35 heavy (non-hydrogen) atoms. The van der Waals surface area contributed by atoms with Crippen LogP contribution in [-0.2, 0) is 10.2 Å². The number of esters is 1. The summed E-state index contributed by atoms with van der Waals surface area (Å²) in [5, 5.41) is 0. The Morgan fingerprint density at radius 2 is 1.86 bits per heavy atom. The molecule has 1 unspecified atom stereocenters. The number of hydrogen-bond donors (Lipinski definition) is 0. The fourth-order valence-corrected chi connectivity index (χ4v) is 5.13. The van der Waals surface area contributed by atoms with E-state index in [4.69, 9.17) is 14.5 Å². The zero-order valence-electron chi connectivity index (χ0n) is 20.8. The molecule has 5 heteroatoms. The van der Waals surface area contributed by atoms with Gasteiger partial charge in [-0.15, -0.1) is 0 Å². The van der Waals surface area contributed by atoms with Gasteiger partial charge in [-0.05, 0) is 66.8 Å². The molecule has 0 amide bonds. The predicted molar refractivity (Wildman–Crippen MR) is 138 cm³/mol. The van der Waals surface area contributed by atoms with Crippen LogP contribution in [0.15, 0.2) is 89.4 Å². The molecule has 1 atom stereocenters. The van der Waals surface area contributed by atoms with Gasteiger partial charge in [0.15, 0.2) is 0 Å². The molecule has 4 nitrogen and oxygen atoms in total. The maximum Gasteiger partial charge on any atom is 0.338 e. The molecule has 2 aliphatic rings. The minimum Gasteiger partial charge on any atom is -0.487 e. The lowest BCUT2D eigenvalue weighted by molar-refractivity contribution is 0.0597. The molecule has 0 aromatic heterocycles. The fourth-order valence-electron chi connectivity index (χ4n) is 5.13. The monoisotopic (exact) mass is 473 g/mol. The summed E-state index contributed by atoms with van der Waals surface area (Å²) in [6, 6.07) is 15.8. The van der Waals surface area contributed by atoms with E-state index in [0.717, 1.165) is 35.4 Å². The Bertz CT molecular complexity index is 1220. The lowest BCUT2D eigenvalue weighted by Crippen LogP contribution is -2.29. The summed E-state index contributed by atoms with van der Waals surface area (Å²) in [5.41, 5.74) is 3.44. The molecule has 0 saturated heterocycles. The zero-order chi connectivity index (χ0) is 25.1. The third-order valence-corrected chi connectivity index (χ3v) is 7.30. The zero-order valence-corrected chi connectivity index (χ0v) is 20.8. The number of ether oxygens (including phenoxy) is 2. The number of carbonyl (C=O) groups is 1. The Hall–Kier alpha value is -3.47. The smallest absolute Gasteiger partial charge is 0.338 e. The molecule has 0 spiro atoms. The highest BCUT2D eigenvalue weighted by Gasteiger charge is 2.35. The molecule has 0 bridgehead atoms. The lowest BCUT2D eigenvalue weighted by Gasteiger charge is -2.35. The van der Waals surface area contributed by atoms with Crippen LogP contribution in [0.3, 0.4) is 0 Å². The predicted octanol–water partition coefficient (Wildman–Crippen LogP) is 7.12. The van der Waals surface area contributed by atoms with E-state index < -0.39 is 5.41 Å². The molecule has 4 rings (SSSR count). The third kappa shape index (κ3) is 4.72. The molecule has 0 N–H and O–H groups in total. The van der Waals surface area contributed by atoms with E-state index in [-0.39, 0.29) is 23.8 Å². The van der Waals surface area contributed by atoms with Crippen molar-refractivity contribution in [3.63, 3.8) is 0 Å². The number of fused-ring (bicyclic) bond motifs is 1. The summed E-state index contributed by atoms with van der Waals surface area (Å²) in [7, 11) is 1.40. The highest BCUT2D eigenvalue weighted by Crippen LogP contribution is 2.42. The number of benzene rings is 2. The van der Waals surface area contributed by atoms with Crippen molar-refractivity contribution in [1.29, 1.82) is 0 Å². The average molecular weight is 474 g/mol. The van der Waals surface area contributed by atoms with E-state index in [1.807, 2.05) is 37.3 Å². The summed E-state index contributed by atoms with van der Waals surface area (Å²) in [4.78, 5) is 17.4. The quantitative estimate of drug-likeness (QED) is 0.384. The fraction of sp³-hybridized carbons (Fsp3) is 0.333. The van der Waals surface area contributed by atoms with Gasteiger partial charge in [0.1, 0.15) is 18.2 Å². The number of nitrogens with zero attached hydrogens (tertiary/aromatic N) is 1. The number of carbonyl (C=O) groups excluding carboxylic acids is 1. The number of rotatable bonds is 8. The van der Waals surface area contributed by atoms with Crippen LogP contribution in [0.25, 0.3) is 0 Å². The molecular formula is C30H32FNO3. The first-order chi connectivity index (χ1) is 16.8. The maximum atomic E-state index is 13.7. The van der Waals surface area contributed by atoms with Crippen LogP contribution < -0.4 is 4.74 Å². The van der Waals surface area contributed by atoms with Gasteiger partial charge in [0, 0.05) is 10.8 Å². The second-order valence-corrected chi connectivity index (χ2v) is 9.32. The van der Waals surface area contributed by atoms with E-state index in [1.165, 1.54) is 13.2 Å². The number of hydrogen-bond acceptors (Lipinski definition) is 4. The van der Waals surface area contributed by atoms with Gasteiger partial charge in [-0.1, -0.05) is 57.2 Å². The molecule has 0 fully saturated rings. The van der Waals surface area contributed by atoms with Gasteiger partial charge < -0.3 is 9.47 Å². The largest absolute Gasteiger partial charge is 0.487 e. The van der Waals surface area contributed by atoms with Gasteiger partial charge in [0.25, 0.3) is 0 Å². The topological polar surface area (TPSA) is 47.9 Å². The van der Waals surface area contributed by atoms with Gasteiger partial charge in [-0.3, -0.25) is 4.99 Å². The van der Waals surface area contributed by atoms with E-state index >= 15 is 0 Å². The summed E-state index contributed by atoms with van der Waals surface area (Å²) < 4.78 is 25.0. The Kier molecular flexibility index (Phi) is 7.06. The van der Waals surface area contributed by atoms with Crippen LogP contribution in [0.5, 0.6) is 5.75 Å². The van der Waals surface area contributed by atoms with Crippen molar-refractivity contribution in [2.24, 2.45) is 10.4 Å². The van der Waals surface area contributed by atoms with Gasteiger partial charge in [-0.2, -0.15) is 0 Å². The Balaban J connectivity index is 1.65. The van der Waals surface area contributed by atoms with Crippen molar-refractivity contribution in [2.45, 2.75) is 45.4 Å². The summed E-state index contributed by atoms with van der Waals surface area (Å²) in [6.07, 6.45) is 9.10. The summed E-state index contributed by atoms with van der Waals surface area (Å²) in [5.74, 6) is 0.0692.